The third-order valence-electron chi connectivity index (χ3n) is 3.07. The van der Waals surface area contributed by atoms with Gasteiger partial charge in [-0.2, -0.15) is 0 Å². The summed E-state index contributed by atoms with van der Waals surface area (Å²) in [6.07, 6.45) is 2.63. The normalized spacial score (nSPS) is 12.1. The van der Waals surface area contributed by atoms with E-state index in [-0.39, 0.29) is 29.7 Å². The molecule has 0 spiro atoms. The summed E-state index contributed by atoms with van der Waals surface area (Å²) in [5.41, 5.74) is 6.32. The highest BCUT2D eigenvalue weighted by molar-refractivity contribution is 5.99. The molecule has 0 aromatic heterocycles. The molecular formula is C14H22N2O3. The molecule has 0 heterocycles. The molecule has 106 valence electrons. The van der Waals surface area contributed by atoms with Gasteiger partial charge >= 0.3 is 0 Å². The number of nitrogens with one attached hydrogen (secondary N) is 1. The van der Waals surface area contributed by atoms with Crippen molar-refractivity contribution in [2.45, 2.75) is 26.2 Å². The van der Waals surface area contributed by atoms with Crippen molar-refractivity contribution in [2.24, 2.45) is 5.92 Å². The summed E-state index contributed by atoms with van der Waals surface area (Å²) in [5.74, 6) is -0.0234. The summed E-state index contributed by atoms with van der Waals surface area (Å²) in [5, 5.41) is 21.1. The Hall–Kier alpha value is -1.75. The average molecular weight is 266 g/mol. The van der Waals surface area contributed by atoms with Gasteiger partial charge < -0.3 is 21.3 Å². The first kappa shape index (κ1) is 15.3. The van der Waals surface area contributed by atoms with Gasteiger partial charge in [0.25, 0.3) is 5.91 Å². The number of aromatic hydroxyl groups is 1. The van der Waals surface area contributed by atoms with Crippen molar-refractivity contribution in [3.63, 3.8) is 0 Å². The number of nitrogen functional groups attached to an aromatic ring is 1. The first-order valence-corrected chi connectivity index (χ1v) is 6.56. The number of rotatable bonds is 7. The number of aliphatic hydroxyl groups is 1. The van der Waals surface area contributed by atoms with E-state index in [0.29, 0.717) is 18.7 Å². The summed E-state index contributed by atoms with van der Waals surface area (Å²) < 4.78 is 0. The minimum absolute atomic E-state index is 0.0137. The summed E-state index contributed by atoms with van der Waals surface area (Å²) >= 11 is 0. The summed E-state index contributed by atoms with van der Waals surface area (Å²) in [7, 11) is 0. The molecule has 19 heavy (non-hydrogen) atoms. The van der Waals surface area contributed by atoms with Crippen LogP contribution in [0.5, 0.6) is 5.75 Å². The van der Waals surface area contributed by atoms with Crippen LogP contribution < -0.4 is 11.1 Å². The van der Waals surface area contributed by atoms with E-state index in [1.54, 1.807) is 0 Å². The van der Waals surface area contributed by atoms with Crippen molar-refractivity contribution in [3.05, 3.63) is 23.8 Å². The minimum atomic E-state index is -0.299. The van der Waals surface area contributed by atoms with Gasteiger partial charge in [0.05, 0.1) is 5.56 Å². The number of phenolic OH excluding ortho intramolecular Hbond substituents is 1. The van der Waals surface area contributed by atoms with Crippen LogP contribution in [0.25, 0.3) is 0 Å². The highest BCUT2D eigenvalue weighted by atomic mass is 16.3. The van der Waals surface area contributed by atoms with Crippen molar-refractivity contribution >= 4 is 11.6 Å². The second-order valence-corrected chi connectivity index (χ2v) is 4.65. The zero-order chi connectivity index (χ0) is 14.3. The van der Waals surface area contributed by atoms with Gasteiger partial charge in [0.2, 0.25) is 0 Å². The zero-order valence-corrected chi connectivity index (χ0v) is 11.2. The molecule has 0 aliphatic rings. The Kier molecular flexibility index (Phi) is 6.15. The Morgan fingerprint density at radius 2 is 2.16 bits per heavy atom. The fourth-order valence-electron chi connectivity index (χ4n) is 2.01. The highest BCUT2D eigenvalue weighted by Gasteiger charge is 2.13. The Bertz CT molecular complexity index is 415. The fraction of sp³-hybridized carbons (Fsp3) is 0.500. The van der Waals surface area contributed by atoms with Gasteiger partial charge in [-0.25, -0.2) is 0 Å². The lowest BCUT2D eigenvalue weighted by atomic mass is 10.00. The fourth-order valence-corrected chi connectivity index (χ4v) is 2.01. The van der Waals surface area contributed by atoms with Crippen LogP contribution in [0.2, 0.25) is 0 Å². The molecule has 1 rings (SSSR count). The highest BCUT2D eigenvalue weighted by Crippen LogP contribution is 2.18. The lowest BCUT2D eigenvalue weighted by molar-refractivity contribution is 0.0943. The lowest BCUT2D eigenvalue weighted by Crippen LogP contribution is -2.30. The lowest BCUT2D eigenvalue weighted by Gasteiger charge is -2.16. The van der Waals surface area contributed by atoms with Crippen molar-refractivity contribution < 1.29 is 15.0 Å². The number of nitrogens with two attached hydrogens (primary N) is 1. The topological polar surface area (TPSA) is 95.6 Å². The van der Waals surface area contributed by atoms with E-state index in [1.807, 2.05) is 0 Å². The number of hydrogen-bond acceptors (Lipinski definition) is 4. The molecule has 1 aromatic carbocycles. The second-order valence-electron chi connectivity index (χ2n) is 4.65. The molecule has 0 aliphatic heterocycles. The Labute approximate surface area is 113 Å². The van der Waals surface area contributed by atoms with E-state index in [9.17, 15) is 9.90 Å². The number of hydrogen-bond donors (Lipinski definition) is 4. The monoisotopic (exact) mass is 266 g/mol. The molecule has 0 bridgehead atoms. The van der Waals surface area contributed by atoms with E-state index in [2.05, 4.69) is 12.2 Å². The van der Waals surface area contributed by atoms with Crippen molar-refractivity contribution in [3.8, 4) is 5.75 Å². The number of anilines is 1. The molecule has 0 radical (unpaired) electrons. The molecule has 1 unspecified atom stereocenters. The number of aliphatic hydroxyl groups excluding tert-OH is 1. The molecule has 5 nitrogen and oxygen atoms in total. The van der Waals surface area contributed by atoms with Gasteiger partial charge in [0.15, 0.2) is 0 Å². The maximum Gasteiger partial charge on any atom is 0.253 e. The minimum Gasteiger partial charge on any atom is -0.508 e. The summed E-state index contributed by atoms with van der Waals surface area (Å²) in [4.78, 5) is 12.0. The predicted octanol–water partition coefficient (Wildman–Crippen LogP) is 1.50. The van der Waals surface area contributed by atoms with E-state index in [1.165, 1.54) is 18.2 Å². The summed E-state index contributed by atoms with van der Waals surface area (Å²) in [6.45, 7) is 2.69. The van der Waals surface area contributed by atoms with Gasteiger partial charge in [-0.05, 0) is 37.0 Å². The van der Waals surface area contributed by atoms with E-state index in [0.717, 1.165) is 12.8 Å². The second kappa shape index (κ2) is 7.63. The van der Waals surface area contributed by atoms with E-state index < -0.39 is 0 Å². The molecule has 5 heteroatoms. The van der Waals surface area contributed by atoms with Crippen LogP contribution in [0.15, 0.2) is 18.2 Å². The summed E-state index contributed by atoms with van der Waals surface area (Å²) in [6, 6.07) is 4.30. The number of benzene rings is 1. The molecule has 0 saturated carbocycles. The first-order valence-electron chi connectivity index (χ1n) is 6.56. The van der Waals surface area contributed by atoms with Crippen LogP contribution in [0.1, 0.15) is 36.5 Å². The van der Waals surface area contributed by atoms with Crippen LogP contribution >= 0.6 is 0 Å². The largest absolute Gasteiger partial charge is 0.508 e. The van der Waals surface area contributed by atoms with Gasteiger partial charge in [0.1, 0.15) is 5.75 Å². The van der Waals surface area contributed by atoms with Crippen LogP contribution in [0, 0.1) is 5.92 Å². The van der Waals surface area contributed by atoms with Crippen LogP contribution in [-0.2, 0) is 0 Å². The SMILES string of the molecule is CCCC(CCO)CNC(=O)c1cc(O)ccc1N. The standard InChI is InChI=1S/C14H22N2O3/c1-2-3-10(6-7-17)9-16-14(19)12-8-11(18)4-5-13(12)15/h4-5,8,10,17-18H,2-3,6-7,9,15H2,1H3,(H,16,19). The maximum absolute atomic E-state index is 12.0. The zero-order valence-electron chi connectivity index (χ0n) is 11.2. The van der Waals surface area contributed by atoms with Crippen molar-refractivity contribution in [2.75, 3.05) is 18.9 Å². The molecule has 5 N–H and O–H groups in total. The Balaban J connectivity index is 2.61. The molecule has 0 fully saturated rings. The predicted molar refractivity (Wildman–Crippen MR) is 75.0 cm³/mol. The number of carbonyl (C=O) groups excluding carboxylic acids is 1. The number of carbonyl (C=O) groups is 1. The molecule has 1 atom stereocenters. The average Bonchev–Trinajstić information content (AvgIpc) is 2.39. The molecule has 1 amide bonds. The van der Waals surface area contributed by atoms with Gasteiger partial charge in [-0.3, -0.25) is 4.79 Å². The molecular weight excluding hydrogens is 244 g/mol. The van der Waals surface area contributed by atoms with Gasteiger partial charge in [0, 0.05) is 18.8 Å². The maximum atomic E-state index is 12.0. The molecule has 0 aliphatic carbocycles. The first-order chi connectivity index (χ1) is 9.08. The molecule has 0 saturated heterocycles. The number of phenols is 1. The van der Waals surface area contributed by atoms with Crippen LogP contribution in [0.4, 0.5) is 5.69 Å². The van der Waals surface area contributed by atoms with E-state index >= 15 is 0 Å². The molecule has 1 aromatic rings. The Morgan fingerprint density at radius 1 is 1.42 bits per heavy atom. The van der Waals surface area contributed by atoms with Crippen LogP contribution in [0.3, 0.4) is 0 Å². The van der Waals surface area contributed by atoms with Crippen molar-refractivity contribution in [1.29, 1.82) is 0 Å². The van der Waals surface area contributed by atoms with Gasteiger partial charge in [-0.1, -0.05) is 13.3 Å². The third kappa shape index (κ3) is 4.79. The van der Waals surface area contributed by atoms with E-state index in [4.69, 9.17) is 10.8 Å². The Morgan fingerprint density at radius 3 is 2.79 bits per heavy atom. The van der Waals surface area contributed by atoms with Gasteiger partial charge in [-0.15, -0.1) is 0 Å². The van der Waals surface area contributed by atoms with Crippen LogP contribution in [-0.4, -0.2) is 29.3 Å². The smallest absolute Gasteiger partial charge is 0.253 e. The van der Waals surface area contributed by atoms with Crippen molar-refractivity contribution in [1.82, 2.24) is 5.32 Å². The quantitative estimate of drug-likeness (QED) is 0.444. The number of amides is 1. The third-order valence-corrected chi connectivity index (χ3v) is 3.07.